The Bertz CT molecular complexity index is 944. The van der Waals surface area contributed by atoms with E-state index >= 15 is 0 Å². The van der Waals surface area contributed by atoms with Gasteiger partial charge in [0.2, 0.25) is 0 Å². The maximum Gasteiger partial charge on any atom is 0.282 e. The minimum absolute atomic E-state index is 0.0927. The molecule has 0 spiro atoms. The second-order valence-electron chi connectivity index (χ2n) is 4.94. The van der Waals surface area contributed by atoms with Gasteiger partial charge in [0.05, 0.1) is 12.0 Å². The Morgan fingerprint density at radius 2 is 2.04 bits per heavy atom. The fourth-order valence-electron chi connectivity index (χ4n) is 2.19. The van der Waals surface area contributed by atoms with Crippen LogP contribution in [0.25, 0.3) is 17.8 Å². The molecule has 0 bridgehead atoms. The Labute approximate surface area is 132 Å². The van der Waals surface area contributed by atoms with E-state index in [1.54, 1.807) is 25.5 Å². The third kappa shape index (κ3) is 2.94. The number of aromatic amines is 1. The summed E-state index contributed by atoms with van der Waals surface area (Å²) in [5.41, 5.74) is 2.77. The summed E-state index contributed by atoms with van der Waals surface area (Å²) in [4.78, 5) is 15.5. The Kier molecular flexibility index (Phi) is 3.85. The van der Waals surface area contributed by atoms with E-state index in [1.165, 1.54) is 0 Å². The average molecular weight is 303 g/mol. The fourth-order valence-corrected chi connectivity index (χ4v) is 2.19. The number of aromatic nitrogens is 4. The average Bonchev–Trinajstić information content (AvgIpc) is 3.10. The molecule has 2 heterocycles. The van der Waals surface area contributed by atoms with E-state index in [-0.39, 0.29) is 5.56 Å². The summed E-state index contributed by atoms with van der Waals surface area (Å²) in [5.74, 6) is 0. The number of nitrogens with zero attached hydrogens (tertiary/aromatic N) is 4. The topological polar surface area (TPSA) is 87.4 Å². The van der Waals surface area contributed by atoms with Crippen LogP contribution < -0.4 is 5.56 Å². The van der Waals surface area contributed by atoms with Gasteiger partial charge < -0.3 is 4.57 Å². The summed E-state index contributed by atoms with van der Waals surface area (Å²) in [6, 6.07) is 9.80. The molecule has 23 heavy (non-hydrogen) atoms. The molecular formula is C17H13N5O. The summed E-state index contributed by atoms with van der Waals surface area (Å²) < 4.78 is 1.92. The van der Waals surface area contributed by atoms with Crippen molar-refractivity contribution in [3.05, 3.63) is 75.7 Å². The lowest BCUT2D eigenvalue weighted by atomic mass is 10.1. The molecule has 0 fully saturated rings. The zero-order valence-corrected chi connectivity index (χ0v) is 12.4. The Hall–Kier alpha value is -3.46. The fraction of sp³-hybridized carbons (Fsp3) is 0.0588. The van der Waals surface area contributed by atoms with Crippen LogP contribution in [0.4, 0.5) is 0 Å². The second-order valence-corrected chi connectivity index (χ2v) is 4.94. The number of rotatable bonds is 3. The molecular weight excluding hydrogens is 290 g/mol. The van der Waals surface area contributed by atoms with Crippen LogP contribution in [0.1, 0.15) is 22.4 Å². The Morgan fingerprint density at radius 3 is 2.70 bits per heavy atom. The van der Waals surface area contributed by atoms with Crippen molar-refractivity contribution in [2.24, 2.45) is 0 Å². The van der Waals surface area contributed by atoms with Gasteiger partial charge in [0, 0.05) is 18.1 Å². The van der Waals surface area contributed by atoms with Crippen LogP contribution in [0.15, 0.2) is 47.8 Å². The summed E-state index contributed by atoms with van der Waals surface area (Å²) in [6.07, 6.45) is 9.00. The molecule has 3 rings (SSSR count). The van der Waals surface area contributed by atoms with Gasteiger partial charge in [-0.25, -0.2) is 10.1 Å². The molecule has 1 N–H and O–H groups in total. The van der Waals surface area contributed by atoms with Gasteiger partial charge in [0.1, 0.15) is 11.6 Å². The molecule has 0 saturated heterocycles. The third-order valence-electron chi connectivity index (χ3n) is 3.51. The van der Waals surface area contributed by atoms with Crippen LogP contribution in [0.2, 0.25) is 0 Å². The molecule has 0 aliphatic rings. The highest BCUT2D eigenvalue weighted by atomic mass is 16.1. The van der Waals surface area contributed by atoms with E-state index < -0.39 is 5.56 Å². The summed E-state index contributed by atoms with van der Waals surface area (Å²) in [5, 5.41) is 15.3. The maximum atomic E-state index is 11.5. The standard InChI is InChI=1S/C17H13N5O/c1-12-15(10-18)17(23)21-20-16(12)7-4-13-2-5-14(6-3-13)22-9-8-19-11-22/h2-9,11H,1H3,(H,21,23)/b7-4+. The van der Waals surface area contributed by atoms with E-state index in [9.17, 15) is 4.79 Å². The number of nitriles is 1. The van der Waals surface area contributed by atoms with Gasteiger partial charge in [0.25, 0.3) is 5.56 Å². The molecule has 6 heteroatoms. The van der Waals surface area contributed by atoms with Crippen molar-refractivity contribution in [3.63, 3.8) is 0 Å². The van der Waals surface area contributed by atoms with Crippen molar-refractivity contribution >= 4 is 12.2 Å². The summed E-state index contributed by atoms with van der Waals surface area (Å²) >= 11 is 0. The van der Waals surface area contributed by atoms with Crippen LogP contribution in [0.3, 0.4) is 0 Å². The molecule has 0 radical (unpaired) electrons. The van der Waals surface area contributed by atoms with Crippen LogP contribution in [0.5, 0.6) is 0 Å². The van der Waals surface area contributed by atoms with Crippen molar-refractivity contribution in [1.29, 1.82) is 5.26 Å². The van der Waals surface area contributed by atoms with Crippen LogP contribution >= 0.6 is 0 Å². The summed E-state index contributed by atoms with van der Waals surface area (Å²) in [6.45, 7) is 1.71. The number of hydrogen-bond donors (Lipinski definition) is 1. The van der Waals surface area contributed by atoms with Gasteiger partial charge >= 0.3 is 0 Å². The van der Waals surface area contributed by atoms with Gasteiger partial charge in [-0.1, -0.05) is 18.2 Å². The van der Waals surface area contributed by atoms with E-state index in [0.29, 0.717) is 11.3 Å². The number of benzene rings is 1. The first-order valence-corrected chi connectivity index (χ1v) is 6.95. The minimum atomic E-state index is -0.466. The lowest BCUT2D eigenvalue weighted by Gasteiger charge is -2.02. The van der Waals surface area contributed by atoms with Crippen LogP contribution in [-0.2, 0) is 0 Å². The Morgan fingerprint density at radius 1 is 1.26 bits per heavy atom. The first-order chi connectivity index (χ1) is 11.2. The molecule has 1 aromatic carbocycles. The van der Waals surface area contributed by atoms with E-state index in [4.69, 9.17) is 5.26 Å². The molecule has 0 amide bonds. The SMILES string of the molecule is Cc1c(/C=C/c2ccc(-n3ccnc3)cc2)n[nH]c(=O)c1C#N. The lowest BCUT2D eigenvalue weighted by molar-refractivity contribution is 0.952. The largest absolute Gasteiger partial charge is 0.306 e. The highest BCUT2D eigenvalue weighted by Crippen LogP contribution is 2.13. The van der Waals surface area contributed by atoms with Crippen molar-refractivity contribution in [2.45, 2.75) is 6.92 Å². The predicted molar refractivity (Wildman–Crippen MR) is 86.8 cm³/mol. The van der Waals surface area contributed by atoms with Gasteiger partial charge in [-0.15, -0.1) is 0 Å². The molecule has 0 saturated carbocycles. The number of imidazole rings is 1. The minimum Gasteiger partial charge on any atom is -0.306 e. The van der Waals surface area contributed by atoms with Crippen LogP contribution in [0, 0.1) is 18.3 Å². The van der Waals surface area contributed by atoms with Gasteiger partial charge in [-0.2, -0.15) is 10.4 Å². The van der Waals surface area contributed by atoms with Gasteiger partial charge in [0.15, 0.2) is 0 Å². The quantitative estimate of drug-likeness (QED) is 0.804. The summed E-state index contributed by atoms with van der Waals surface area (Å²) in [7, 11) is 0. The molecule has 0 atom stereocenters. The molecule has 2 aromatic heterocycles. The van der Waals surface area contributed by atoms with Gasteiger partial charge in [-0.3, -0.25) is 4.79 Å². The zero-order valence-electron chi connectivity index (χ0n) is 12.4. The highest BCUT2D eigenvalue weighted by molar-refractivity contribution is 5.70. The third-order valence-corrected chi connectivity index (χ3v) is 3.51. The van der Waals surface area contributed by atoms with Crippen molar-refractivity contribution in [3.8, 4) is 11.8 Å². The number of hydrogen-bond acceptors (Lipinski definition) is 4. The molecule has 3 aromatic rings. The maximum absolute atomic E-state index is 11.5. The molecule has 0 aliphatic heterocycles. The number of nitrogens with one attached hydrogen (secondary N) is 1. The monoisotopic (exact) mass is 303 g/mol. The predicted octanol–water partition coefficient (Wildman–Crippen LogP) is 2.31. The van der Waals surface area contributed by atoms with Crippen molar-refractivity contribution in [1.82, 2.24) is 19.7 Å². The lowest BCUT2D eigenvalue weighted by Crippen LogP contribution is -2.15. The molecule has 0 aliphatic carbocycles. The molecule has 112 valence electrons. The number of H-pyrrole nitrogens is 1. The first-order valence-electron chi connectivity index (χ1n) is 6.95. The van der Waals surface area contributed by atoms with Gasteiger partial charge in [-0.05, 0) is 36.3 Å². The second kappa shape index (κ2) is 6.12. The normalized spacial score (nSPS) is 10.8. The first kappa shape index (κ1) is 14.5. The zero-order chi connectivity index (χ0) is 16.2. The van der Waals surface area contributed by atoms with E-state index in [1.807, 2.05) is 47.2 Å². The van der Waals surface area contributed by atoms with E-state index in [2.05, 4.69) is 15.2 Å². The van der Waals surface area contributed by atoms with Crippen LogP contribution in [-0.4, -0.2) is 19.7 Å². The van der Waals surface area contributed by atoms with Crippen molar-refractivity contribution in [2.75, 3.05) is 0 Å². The molecule has 6 nitrogen and oxygen atoms in total. The van der Waals surface area contributed by atoms with Crippen molar-refractivity contribution < 1.29 is 0 Å². The highest BCUT2D eigenvalue weighted by Gasteiger charge is 2.07. The molecule has 0 unspecified atom stereocenters. The Balaban J connectivity index is 1.86. The van der Waals surface area contributed by atoms with E-state index in [0.717, 1.165) is 11.3 Å². The smallest absolute Gasteiger partial charge is 0.282 e.